The molecule has 2 aromatic rings. The molecule has 0 aliphatic heterocycles. The second-order valence-corrected chi connectivity index (χ2v) is 6.49. The maximum Gasteiger partial charge on any atom is 0.265 e. The fourth-order valence-corrected chi connectivity index (χ4v) is 3.07. The van der Waals surface area contributed by atoms with Crippen LogP contribution in [0, 0.1) is 6.92 Å². The lowest BCUT2D eigenvalue weighted by molar-refractivity contribution is 0.103. The average molecular weight is 356 g/mol. The largest absolute Gasteiger partial charge is 0.497 e. The Bertz CT molecular complexity index is 598. The number of halogens is 1. The van der Waals surface area contributed by atoms with Gasteiger partial charge >= 0.3 is 0 Å². The summed E-state index contributed by atoms with van der Waals surface area (Å²) in [5.74, 6) is 1.10. The number of hydrogen-bond acceptors (Lipinski definition) is 4. The first-order chi connectivity index (χ1) is 9.53. The van der Waals surface area contributed by atoms with Gasteiger partial charge in [-0.05, 0) is 34.5 Å². The lowest BCUT2D eigenvalue weighted by Gasteiger charge is -2.09. The van der Waals surface area contributed by atoms with E-state index in [9.17, 15) is 4.79 Å². The Morgan fingerprint density at radius 2 is 1.75 bits per heavy atom. The molecule has 0 aliphatic rings. The van der Waals surface area contributed by atoms with Crippen molar-refractivity contribution in [3.63, 3.8) is 0 Å². The summed E-state index contributed by atoms with van der Waals surface area (Å²) >= 11 is 4.82. The van der Waals surface area contributed by atoms with Crippen molar-refractivity contribution in [3.05, 3.63) is 38.5 Å². The monoisotopic (exact) mass is 355 g/mol. The summed E-state index contributed by atoms with van der Waals surface area (Å²) in [5.41, 5.74) is 1.68. The third-order valence-electron chi connectivity index (χ3n) is 2.69. The van der Waals surface area contributed by atoms with E-state index in [4.69, 9.17) is 9.47 Å². The van der Waals surface area contributed by atoms with E-state index in [2.05, 4.69) is 21.2 Å². The first-order valence-corrected chi connectivity index (χ1v) is 7.44. The third-order valence-corrected chi connectivity index (χ3v) is 4.83. The normalized spacial score (nSPS) is 10.2. The number of ether oxygens (including phenoxy) is 2. The number of hydrogen-bond donors (Lipinski definition) is 1. The zero-order valence-electron chi connectivity index (χ0n) is 11.3. The molecule has 0 saturated heterocycles. The van der Waals surface area contributed by atoms with Crippen molar-refractivity contribution in [1.29, 1.82) is 0 Å². The van der Waals surface area contributed by atoms with Crippen LogP contribution in [-0.4, -0.2) is 20.1 Å². The molecular weight excluding hydrogens is 342 g/mol. The number of benzene rings is 1. The fourth-order valence-electron chi connectivity index (χ4n) is 1.64. The van der Waals surface area contributed by atoms with Gasteiger partial charge in [-0.2, -0.15) is 0 Å². The Balaban J connectivity index is 2.22. The molecule has 0 spiro atoms. The van der Waals surface area contributed by atoms with Gasteiger partial charge < -0.3 is 14.8 Å². The second-order valence-electron chi connectivity index (χ2n) is 4.12. The molecule has 0 bridgehead atoms. The molecular formula is C14H14BrNO3S. The SMILES string of the molecule is COc1cc(NC(=O)c2cc(C)c(Br)s2)cc(OC)c1. The molecule has 20 heavy (non-hydrogen) atoms. The van der Waals surface area contributed by atoms with Crippen molar-refractivity contribution in [2.24, 2.45) is 0 Å². The fraction of sp³-hybridized carbons (Fsp3) is 0.214. The van der Waals surface area contributed by atoms with Gasteiger partial charge in [0.25, 0.3) is 5.91 Å². The quantitative estimate of drug-likeness (QED) is 0.898. The van der Waals surface area contributed by atoms with Crippen LogP contribution in [0.15, 0.2) is 28.1 Å². The van der Waals surface area contributed by atoms with Gasteiger partial charge in [-0.3, -0.25) is 4.79 Å². The van der Waals surface area contributed by atoms with Gasteiger partial charge in [0.2, 0.25) is 0 Å². The standard InChI is InChI=1S/C14H14BrNO3S/c1-8-4-12(20-13(8)15)14(17)16-9-5-10(18-2)7-11(6-9)19-3/h4-7H,1-3H3,(H,16,17). The van der Waals surface area contributed by atoms with Gasteiger partial charge in [0.1, 0.15) is 11.5 Å². The predicted molar refractivity (Wildman–Crippen MR) is 84.3 cm³/mol. The van der Waals surface area contributed by atoms with E-state index in [1.165, 1.54) is 11.3 Å². The summed E-state index contributed by atoms with van der Waals surface area (Å²) in [7, 11) is 3.14. The molecule has 1 amide bonds. The number of methoxy groups -OCH3 is 2. The van der Waals surface area contributed by atoms with Gasteiger partial charge in [0.05, 0.1) is 22.9 Å². The van der Waals surface area contributed by atoms with Crippen LogP contribution in [0.5, 0.6) is 11.5 Å². The topological polar surface area (TPSA) is 47.6 Å². The molecule has 1 heterocycles. The lowest BCUT2D eigenvalue weighted by atomic mass is 10.2. The van der Waals surface area contributed by atoms with Gasteiger partial charge in [0, 0.05) is 23.9 Å². The Morgan fingerprint density at radius 3 is 2.20 bits per heavy atom. The van der Waals surface area contributed by atoms with Crippen LogP contribution >= 0.6 is 27.3 Å². The molecule has 2 rings (SSSR count). The van der Waals surface area contributed by atoms with Crippen LogP contribution in [0.4, 0.5) is 5.69 Å². The third kappa shape index (κ3) is 3.32. The second kappa shape index (κ2) is 6.28. The first kappa shape index (κ1) is 14.9. The summed E-state index contributed by atoms with van der Waals surface area (Å²) in [6.07, 6.45) is 0. The van der Waals surface area contributed by atoms with E-state index in [-0.39, 0.29) is 5.91 Å². The Kier molecular flexibility index (Phi) is 4.67. The summed E-state index contributed by atoms with van der Waals surface area (Å²) in [4.78, 5) is 12.8. The maximum atomic E-state index is 12.2. The smallest absolute Gasteiger partial charge is 0.265 e. The molecule has 0 radical (unpaired) electrons. The lowest BCUT2D eigenvalue weighted by Crippen LogP contribution is -2.10. The van der Waals surface area contributed by atoms with E-state index in [0.717, 1.165) is 9.35 Å². The van der Waals surface area contributed by atoms with Crippen LogP contribution in [0.3, 0.4) is 0 Å². The number of thiophene rings is 1. The van der Waals surface area contributed by atoms with Crippen molar-refractivity contribution in [3.8, 4) is 11.5 Å². The van der Waals surface area contributed by atoms with Crippen LogP contribution < -0.4 is 14.8 Å². The number of nitrogens with one attached hydrogen (secondary N) is 1. The van der Waals surface area contributed by atoms with Gasteiger partial charge in [0.15, 0.2) is 0 Å². The van der Waals surface area contributed by atoms with Crippen molar-refractivity contribution >= 4 is 38.9 Å². The minimum atomic E-state index is -0.154. The number of carbonyl (C=O) groups is 1. The van der Waals surface area contributed by atoms with Crippen LogP contribution in [0.25, 0.3) is 0 Å². The molecule has 0 atom stereocenters. The van der Waals surface area contributed by atoms with Crippen LogP contribution in [0.2, 0.25) is 0 Å². The van der Waals surface area contributed by atoms with Crippen molar-refractivity contribution in [2.75, 3.05) is 19.5 Å². The van der Waals surface area contributed by atoms with E-state index >= 15 is 0 Å². The molecule has 6 heteroatoms. The highest BCUT2D eigenvalue weighted by Gasteiger charge is 2.12. The minimum Gasteiger partial charge on any atom is -0.497 e. The highest BCUT2D eigenvalue weighted by molar-refractivity contribution is 9.11. The predicted octanol–water partition coefficient (Wildman–Crippen LogP) is 4.09. The molecule has 0 fully saturated rings. The number of carbonyl (C=O) groups excluding carboxylic acids is 1. The molecule has 0 aliphatic carbocycles. The van der Waals surface area contributed by atoms with Crippen molar-refractivity contribution < 1.29 is 14.3 Å². The number of anilines is 1. The molecule has 0 unspecified atom stereocenters. The van der Waals surface area contributed by atoms with E-state index in [1.807, 2.05) is 13.0 Å². The summed E-state index contributed by atoms with van der Waals surface area (Å²) in [6, 6.07) is 7.09. The number of rotatable bonds is 4. The minimum absolute atomic E-state index is 0.154. The van der Waals surface area contributed by atoms with E-state index in [0.29, 0.717) is 22.1 Å². The van der Waals surface area contributed by atoms with Crippen LogP contribution in [0.1, 0.15) is 15.2 Å². The highest BCUT2D eigenvalue weighted by Crippen LogP contribution is 2.29. The van der Waals surface area contributed by atoms with Crippen molar-refractivity contribution in [1.82, 2.24) is 0 Å². The number of amides is 1. The van der Waals surface area contributed by atoms with Gasteiger partial charge in [-0.1, -0.05) is 0 Å². The average Bonchev–Trinajstić information content (AvgIpc) is 2.78. The van der Waals surface area contributed by atoms with E-state index in [1.54, 1.807) is 32.4 Å². The van der Waals surface area contributed by atoms with Gasteiger partial charge in [-0.15, -0.1) is 11.3 Å². The Morgan fingerprint density at radius 1 is 1.15 bits per heavy atom. The molecule has 4 nitrogen and oxygen atoms in total. The molecule has 106 valence electrons. The zero-order valence-corrected chi connectivity index (χ0v) is 13.7. The Labute approximate surface area is 129 Å². The summed E-state index contributed by atoms with van der Waals surface area (Å²) in [5, 5.41) is 2.84. The first-order valence-electron chi connectivity index (χ1n) is 5.84. The Hall–Kier alpha value is -1.53. The molecule has 1 aromatic heterocycles. The number of aryl methyl sites for hydroxylation is 1. The molecule has 0 saturated carbocycles. The van der Waals surface area contributed by atoms with Crippen LogP contribution in [-0.2, 0) is 0 Å². The summed E-state index contributed by atoms with van der Waals surface area (Å²) < 4.78 is 11.3. The van der Waals surface area contributed by atoms with E-state index < -0.39 is 0 Å². The molecule has 1 aromatic carbocycles. The molecule has 1 N–H and O–H groups in total. The maximum absolute atomic E-state index is 12.2. The van der Waals surface area contributed by atoms with Gasteiger partial charge in [-0.25, -0.2) is 0 Å². The summed E-state index contributed by atoms with van der Waals surface area (Å²) in [6.45, 7) is 1.95. The van der Waals surface area contributed by atoms with Crippen molar-refractivity contribution in [2.45, 2.75) is 6.92 Å². The highest BCUT2D eigenvalue weighted by atomic mass is 79.9. The zero-order chi connectivity index (χ0) is 14.7.